The third-order valence-corrected chi connectivity index (χ3v) is 6.51. The number of hydrogen-bond donors (Lipinski definition) is 2. The summed E-state index contributed by atoms with van der Waals surface area (Å²) in [7, 11) is 0. The smallest absolute Gasteiger partial charge is 0.408 e. The van der Waals surface area contributed by atoms with Crippen molar-refractivity contribution >= 4 is 23.4 Å². The van der Waals surface area contributed by atoms with Gasteiger partial charge < -0.3 is 20.3 Å². The maximum atomic E-state index is 13.6. The van der Waals surface area contributed by atoms with E-state index in [1.54, 1.807) is 0 Å². The summed E-state index contributed by atoms with van der Waals surface area (Å²) in [5.41, 5.74) is 1.10. The standard InChI is InChI=1S/C26H34N4O5/c1-5-29(6-2)22-13-11-21(12-14-22)27-23(31)26(16-15-19-9-7-8-10-20(19)17-26)28-24(32)35-18-25(3,4)30(33)34/h7-14H,5-6,15-18H2,1-4H3,(H,27,31)(H,28,32)/t26-/m1/s1. The van der Waals surface area contributed by atoms with Crippen LogP contribution in [0, 0.1) is 10.1 Å². The Morgan fingerprint density at radius 2 is 1.71 bits per heavy atom. The fourth-order valence-corrected chi connectivity index (χ4v) is 4.21. The molecule has 188 valence electrons. The second-order valence-electron chi connectivity index (χ2n) is 9.47. The maximum absolute atomic E-state index is 13.6. The minimum absolute atomic E-state index is 0.292. The molecule has 0 saturated carbocycles. The Morgan fingerprint density at radius 1 is 1.09 bits per heavy atom. The molecule has 3 rings (SSSR count). The summed E-state index contributed by atoms with van der Waals surface area (Å²) in [6, 6.07) is 15.4. The lowest BCUT2D eigenvalue weighted by Crippen LogP contribution is -2.60. The number of amides is 2. The quantitative estimate of drug-likeness (QED) is 0.409. The third kappa shape index (κ3) is 6.09. The lowest BCUT2D eigenvalue weighted by Gasteiger charge is -2.37. The largest absolute Gasteiger partial charge is 0.442 e. The number of fused-ring (bicyclic) bond motifs is 1. The average molecular weight is 483 g/mol. The molecule has 1 aliphatic rings. The summed E-state index contributed by atoms with van der Waals surface area (Å²) < 4.78 is 5.17. The van der Waals surface area contributed by atoms with Gasteiger partial charge in [0, 0.05) is 49.7 Å². The molecule has 9 nitrogen and oxygen atoms in total. The topological polar surface area (TPSA) is 114 Å². The number of aryl methyl sites for hydroxylation is 1. The predicted octanol–water partition coefficient (Wildman–Crippen LogP) is 4.18. The van der Waals surface area contributed by atoms with E-state index < -0.39 is 28.7 Å². The molecule has 2 N–H and O–H groups in total. The van der Waals surface area contributed by atoms with Crippen molar-refractivity contribution in [2.24, 2.45) is 0 Å². The molecule has 35 heavy (non-hydrogen) atoms. The van der Waals surface area contributed by atoms with Gasteiger partial charge in [0.2, 0.25) is 5.54 Å². The molecule has 2 amide bonds. The van der Waals surface area contributed by atoms with Crippen molar-refractivity contribution in [3.05, 3.63) is 69.8 Å². The minimum Gasteiger partial charge on any atom is -0.442 e. The van der Waals surface area contributed by atoms with E-state index in [-0.39, 0.29) is 5.91 Å². The Hall–Kier alpha value is -3.62. The molecule has 0 spiro atoms. The third-order valence-electron chi connectivity index (χ3n) is 6.51. The first-order chi connectivity index (χ1) is 16.6. The Balaban J connectivity index is 1.80. The van der Waals surface area contributed by atoms with Gasteiger partial charge in [0.05, 0.1) is 0 Å². The molecule has 0 saturated heterocycles. The van der Waals surface area contributed by atoms with Crippen LogP contribution in [0.4, 0.5) is 16.2 Å². The van der Waals surface area contributed by atoms with E-state index >= 15 is 0 Å². The van der Waals surface area contributed by atoms with E-state index in [0.717, 1.165) is 29.9 Å². The molecule has 0 aliphatic heterocycles. The summed E-state index contributed by atoms with van der Waals surface area (Å²) in [4.78, 5) is 39.1. The average Bonchev–Trinajstić information content (AvgIpc) is 2.84. The number of ether oxygens (including phenoxy) is 1. The highest BCUT2D eigenvalue weighted by Crippen LogP contribution is 2.31. The number of nitrogens with one attached hydrogen (secondary N) is 2. The van der Waals surface area contributed by atoms with Crippen LogP contribution in [-0.2, 0) is 22.4 Å². The molecule has 2 aromatic rings. The van der Waals surface area contributed by atoms with Gasteiger partial charge in [-0.15, -0.1) is 0 Å². The van der Waals surface area contributed by atoms with Crippen molar-refractivity contribution < 1.29 is 19.2 Å². The van der Waals surface area contributed by atoms with E-state index in [2.05, 4.69) is 29.4 Å². The monoisotopic (exact) mass is 482 g/mol. The highest BCUT2D eigenvalue weighted by molar-refractivity contribution is 6.00. The highest BCUT2D eigenvalue weighted by atomic mass is 16.6. The van der Waals surface area contributed by atoms with Gasteiger partial charge in [-0.1, -0.05) is 24.3 Å². The second-order valence-corrected chi connectivity index (χ2v) is 9.47. The van der Waals surface area contributed by atoms with Crippen molar-refractivity contribution in [3.63, 3.8) is 0 Å². The minimum atomic E-state index is -1.43. The van der Waals surface area contributed by atoms with Crippen molar-refractivity contribution in [3.8, 4) is 0 Å². The first-order valence-corrected chi connectivity index (χ1v) is 11.9. The van der Waals surface area contributed by atoms with E-state index in [9.17, 15) is 19.7 Å². The first-order valence-electron chi connectivity index (χ1n) is 11.9. The van der Waals surface area contributed by atoms with E-state index in [1.165, 1.54) is 13.8 Å². The van der Waals surface area contributed by atoms with Crippen LogP contribution in [0.25, 0.3) is 0 Å². The van der Waals surface area contributed by atoms with Gasteiger partial charge in [-0.3, -0.25) is 14.9 Å². The van der Waals surface area contributed by atoms with Crippen LogP contribution >= 0.6 is 0 Å². The SMILES string of the molecule is CCN(CC)c1ccc(NC(=O)[C@@]2(NC(=O)OCC(C)(C)[N+](=O)[O-])CCc3ccccc3C2)cc1. The summed E-state index contributed by atoms with van der Waals surface area (Å²) in [6.07, 6.45) is 0.415. The Labute approximate surface area is 206 Å². The fourth-order valence-electron chi connectivity index (χ4n) is 4.21. The van der Waals surface area contributed by atoms with Crippen molar-refractivity contribution in [1.29, 1.82) is 0 Å². The van der Waals surface area contributed by atoms with Crippen LogP contribution in [0.2, 0.25) is 0 Å². The number of carbonyl (C=O) groups is 2. The molecule has 1 aliphatic carbocycles. The summed E-state index contributed by atoms with van der Waals surface area (Å²) in [5.74, 6) is -0.354. The van der Waals surface area contributed by atoms with Gasteiger partial charge in [-0.2, -0.15) is 0 Å². The molecule has 9 heteroatoms. The molecule has 0 bridgehead atoms. The Bertz CT molecular complexity index is 1070. The normalized spacial score (nSPS) is 17.1. The van der Waals surface area contributed by atoms with Crippen molar-refractivity contribution in [1.82, 2.24) is 5.32 Å². The molecular formula is C26H34N4O5. The van der Waals surface area contributed by atoms with Crippen LogP contribution in [-0.4, -0.2) is 47.7 Å². The van der Waals surface area contributed by atoms with Gasteiger partial charge in [0.15, 0.2) is 6.61 Å². The number of carbonyl (C=O) groups excluding carboxylic acids is 2. The van der Waals surface area contributed by atoms with Gasteiger partial charge in [-0.25, -0.2) is 4.79 Å². The number of rotatable bonds is 9. The fraction of sp³-hybridized carbons (Fsp3) is 0.462. The van der Waals surface area contributed by atoms with E-state index in [1.807, 2.05) is 48.5 Å². The molecule has 0 heterocycles. The Kier molecular flexibility index (Phi) is 7.99. The maximum Gasteiger partial charge on any atom is 0.408 e. The van der Waals surface area contributed by atoms with Crippen LogP contribution < -0.4 is 15.5 Å². The predicted molar refractivity (Wildman–Crippen MR) is 135 cm³/mol. The molecule has 0 radical (unpaired) electrons. The number of anilines is 2. The lowest BCUT2D eigenvalue weighted by molar-refractivity contribution is -0.563. The molecule has 2 aromatic carbocycles. The summed E-state index contributed by atoms with van der Waals surface area (Å²) in [6.45, 7) is 8.27. The number of hydrogen-bond acceptors (Lipinski definition) is 6. The van der Waals surface area contributed by atoms with Gasteiger partial charge >= 0.3 is 6.09 Å². The van der Waals surface area contributed by atoms with Gasteiger partial charge in [-0.05, 0) is 62.1 Å². The number of nitro groups is 1. The Morgan fingerprint density at radius 3 is 2.31 bits per heavy atom. The van der Waals surface area contributed by atoms with Crippen molar-refractivity contribution in [2.75, 3.05) is 29.9 Å². The zero-order valence-corrected chi connectivity index (χ0v) is 20.8. The number of alkyl carbamates (subject to hydrolysis) is 1. The van der Waals surface area contributed by atoms with Crippen LogP contribution in [0.15, 0.2) is 48.5 Å². The van der Waals surface area contributed by atoms with Crippen LogP contribution in [0.1, 0.15) is 45.2 Å². The number of nitrogens with zero attached hydrogens (tertiary/aromatic N) is 2. The van der Waals surface area contributed by atoms with Gasteiger partial charge in [0.1, 0.15) is 5.54 Å². The van der Waals surface area contributed by atoms with Crippen molar-refractivity contribution in [2.45, 2.75) is 58.0 Å². The van der Waals surface area contributed by atoms with Crippen LogP contribution in [0.5, 0.6) is 0 Å². The first kappa shape index (κ1) is 26.0. The van der Waals surface area contributed by atoms with E-state index in [0.29, 0.717) is 24.9 Å². The molecule has 0 unspecified atom stereocenters. The second kappa shape index (κ2) is 10.8. The molecular weight excluding hydrogens is 448 g/mol. The van der Waals surface area contributed by atoms with Crippen LogP contribution in [0.3, 0.4) is 0 Å². The van der Waals surface area contributed by atoms with E-state index in [4.69, 9.17) is 4.74 Å². The lowest BCUT2D eigenvalue weighted by atomic mass is 9.77. The molecule has 0 fully saturated rings. The molecule has 0 aromatic heterocycles. The van der Waals surface area contributed by atoms with Gasteiger partial charge in [0.25, 0.3) is 5.91 Å². The number of benzene rings is 2. The highest BCUT2D eigenvalue weighted by Gasteiger charge is 2.44. The zero-order chi connectivity index (χ0) is 25.6. The molecule has 1 atom stereocenters. The summed E-state index contributed by atoms with van der Waals surface area (Å²) >= 11 is 0. The summed E-state index contributed by atoms with van der Waals surface area (Å²) in [5, 5.41) is 16.9. The zero-order valence-electron chi connectivity index (χ0n) is 20.8.